The van der Waals surface area contributed by atoms with E-state index in [2.05, 4.69) is 39.4 Å². The van der Waals surface area contributed by atoms with Crippen molar-refractivity contribution in [3.05, 3.63) is 64.6 Å². The highest BCUT2D eigenvalue weighted by molar-refractivity contribution is 5.92. The first kappa shape index (κ1) is 17.4. The molecular weight excluding hydrogens is 366 g/mol. The van der Waals surface area contributed by atoms with E-state index < -0.39 is 5.91 Å². The van der Waals surface area contributed by atoms with Gasteiger partial charge in [-0.1, -0.05) is 24.3 Å². The largest absolute Gasteiger partial charge is 0.364 e. The quantitative estimate of drug-likeness (QED) is 0.582. The number of amides is 1. The van der Waals surface area contributed by atoms with Crippen LogP contribution in [0.2, 0.25) is 0 Å². The third-order valence-corrected chi connectivity index (χ3v) is 5.60. The minimum atomic E-state index is -0.573. The van der Waals surface area contributed by atoms with E-state index in [4.69, 9.17) is 10.7 Å². The van der Waals surface area contributed by atoms with Gasteiger partial charge in [-0.15, -0.1) is 0 Å². The summed E-state index contributed by atoms with van der Waals surface area (Å²) in [5.41, 5.74) is 12.6. The van der Waals surface area contributed by atoms with E-state index in [1.165, 1.54) is 11.1 Å². The van der Waals surface area contributed by atoms with Crippen LogP contribution in [0, 0.1) is 13.8 Å². The van der Waals surface area contributed by atoms with Gasteiger partial charge in [0.2, 0.25) is 0 Å². The lowest BCUT2D eigenvalue weighted by atomic mass is 10.1. The van der Waals surface area contributed by atoms with Crippen LogP contribution in [0.3, 0.4) is 0 Å². The Hall–Kier alpha value is -3.68. The normalized spacial score (nSPS) is 13.3. The van der Waals surface area contributed by atoms with E-state index in [0.29, 0.717) is 5.65 Å². The van der Waals surface area contributed by atoms with Crippen LogP contribution < -0.4 is 10.6 Å². The molecule has 0 saturated heterocycles. The van der Waals surface area contributed by atoms with Crippen molar-refractivity contribution in [1.29, 1.82) is 0 Å². The Morgan fingerprint density at radius 2 is 1.76 bits per heavy atom. The zero-order valence-electron chi connectivity index (χ0n) is 16.5. The van der Waals surface area contributed by atoms with Gasteiger partial charge in [-0.3, -0.25) is 9.48 Å². The second-order valence-corrected chi connectivity index (χ2v) is 7.46. The van der Waals surface area contributed by atoms with Gasteiger partial charge in [-0.2, -0.15) is 10.2 Å². The molecule has 0 aliphatic carbocycles. The van der Waals surface area contributed by atoms with Crippen LogP contribution in [0.5, 0.6) is 0 Å². The third-order valence-electron chi connectivity index (χ3n) is 5.60. The number of hydrogen-bond acceptors (Lipinski definition) is 5. The molecule has 4 heterocycles. The Bertz CT molecular complexity index is 1260. The fourth-order valence-corrected chi connectivity index (χ4v) is 4.06. The van der Waals surface area contributed by atoms with Crippen LogP contribution in [0.25, 0.3) is 16.9 Å². The molecule has 1 aliphatic rings. The molecule has 8 heteroatoms. The number of anilines is 1. The maximum Gasteiger partial charge on any atom is 0.269 e. The number of aromatic nitrogens is 5. The van der Waals surface area contributed by atoms with E-state index in [1.54, 1.807) is 10.6 Å². The van der Waals surface area contributed by atoms with Crippen molar-refractivity contribution in [2.75, 3.05) is 4.90 Å². The lowest BCUT2D eigenvalue weighted by Crippen LogP contribution is -2.17. The van der Waals surface area contributed by atoms with Gasteiger partial charge in [0.15, 0.2) is 11.3 Å². The summed E-state index contributed by atoms with van der Waals surface area (Å²) in [5, 5.41) is 8.96. The summed E-state index contributed by atoms with van der Waals surface area (Å²) < 4.78 is 3.53. The minimum Gasteiger partial charge on any atom is -0.364 e. The van der Waals surface area contributed by atoms with Crippen molar-refractivity contribution in [2.24, 2.45) is 12.8 Å². The molecule has 5 rings (SSSR count). The predicted molar refractivity (Wildman–Crippen MR) is 110 cm³/mol. The zero-order chi connectivity index (χ0) is 20.3. The van der Waals surface area contributed by atoms with E-state index in [0.717, 1.165) is 41.6 Å². The molecule has 0 saturated carbocycles. The Kier molecular flexibility index (Phi) is 3.70. The molecule has 1 amide bonds. The average Bonchev–Trinajstić information content (AvgIpc) is 3.37. The summed E-state index contributed by atoms with van der Waals surface area (Å²) in [6, 6.07) is 12.1. The van der Waals surface area contributed by atoms with Gasteiger partial charge in [0.1, 0.15) is 5.82 Å². The van der Waals surface area contributed by atoms with E-state index in [9.17, 15) is 4.79 Å². The second-order valence-electron chi connectivity index (χ2n) is 7.46. The van der Waals surface area contributed by atoms with Crippen LogP contribution in [0.15, 0.2) is 36.4 Å². The summed E-state index contributed by atoms with van der Waals surface area (Å²) in [7, 11) is 1.92. The summed E-state index contributed by atoms with van der Waals surface area (Å²) >= 11 is 0. The van der Waals surface area contributed by atoms with Crippen LogP contribution in [0.4, 0.5) is 5.82 Å². The molecule has 0 atom stereocenters. The molecule has 0 bridgehead atoms. The fourth-order valence-electron chi connectivity index (χ4n) is 4.06. The Morgan fingerprint density at radius 3 is 2.34 bits per heavy atom. The number of aryl methyl sites for hydroxylation is 2. The molecule has 146 valence electrons. The SMILES string of the molecule is Cc1nn(C)c(C)c1-c1cc(N2Cc3ccccc3C2)nc2cc(C(N)=O)nn12. The summed E-state index contributed by atoms with van der Waals surface area (Å²) in [5.74, 6) is 0.262. The first-order valence-corrected chi connectivity index (χ1v) is 9.45. The number of carbonyl (C=O) groups excluding carboxylic acids is 1. The summed E-state index contributed by atoms with van der Waals surface area (Å²) in [4.78, 5) is 18.8. The molecule has 4 aromatic rings. The van der Waals surface area contributed by atoms with E-state index >= 15 is 0 Å². The number of nitrogens with zero attached hydrogens (tertiary/aromatic N) is 6. The fraction of sp³-hybridized carbons (Fsp3) is 0.238. The number of fused-ring (bicyclic) bond motifs is 2. The molecule has 3 aromatic heterocycles. The number of rotatable bonds is 3. The Morgan fingerprint density at radius 1 is 1.07 bits per heavy atom. The zero-order valence-corrected chi connectivity index (χ0v) is 16.5. The lowest BCUT2D eigenvalue weighted by molar-refractivity contribution is 0.0995. The van der Waals surface area contributed by atoms with Crippen molar-refractivity contribution in [1.82, 2.24) is 24.4 Å². The number of nitrogens with two attached hydrogens (primary N) is 1. The smallest absolute Gasteiger partial charge is 0.269 e. The topological polar surface area (TPSA) is 94.3 Å². The molecule has 0 unspecified atom stereocenters. The standard InChI is InChI=1S/C21H21N7O/c1-12-20(13(2)26(3)24-12)17-9-18(23-19-8-16(21(22)29)25-28(17)19)27-10-14-6-4-5-7-15(14)11-27/h4-9H,10-11H2,1-3H3,(H2,22,29). The molecule has 1 aromatic carbocycles. The van der Waals surface area contributed by atoms with Gasteiger partial charge in [0.25, 0.3) is 5.91 Å². The molecule has 2 N–H and O–H groups in total. The highest BCUT2D eigenvalue weighted by atomic mass is 16.1. The van der Waals surface area contributed by atoms with E-state index in [1.807, 2.05) is 31.6 Å². The number of hydrogen-bond donors (Lipinski definition) is 1. The van der Waals surface area contributed by atoms with Gasteiger partial charge in [0, 0.05) is 43.5 Å². The molecule has 0 radical (unpaired) electrons. The van der Waals surface area contributed by atoms with Gasteiger partial charge >= 0.3 is 0 Å². The molecule has 0 spiro atoms. The maximum atomic E-state index is 11.7. The van der Waals surface area contributed by atoms with Crippen LogP contribution >= 0.6 is 0 Å². The lowest BCUT2D eigenvalue weighted by Gasteiger charge is -2.18. The minimum absolute atomic E-state index is 0.194. The average molecular weight is 387 g/mol. The van der Waals surface area contributed by atoms with Crippen LogP contribution in [-0.4, -0.2) is 30.3 Å². The van der Waals surface area contributed by atoms with Crippen LogP contribution in [-0.2, 0) is 20.1 Å². The highest BCUT2D eigenvalue weighted by Crippen LogP contribution is 2.33. The third kappa shape index (κ3) is 2.67. The van der Waals surface area contributed by atoms with Crippen LogP contribution in [0.1, 0.15) is 33.0 Å². The number of primary amides is 1. The number of benzene rings is 1. The maximum absolute atomic E-state index is 11.7. The molecule has 0 fully saturated rings. The highest BCUT2D eigenvalue weighted by Gasteiger charge is 2.24. The Balaban J connectivity index is 1.72. The summed E-state index contributed by atoms with van der Waals surface area (Å²) in [6.45, 7) is 5.57. The summed E-state index contributed by atoms with van der Waals surface area (Å²) in [6.07, 6.45) is 0. The first-order chi connectivity index (χ1) is 13.9. The van der Waals surface area contributed by atoms with Crippen molar-refractivity contribution in [3.63, 3.8) is 0 Å². The van der Waals surface area contributed by atoms with Gasteiger partial charge < -0.3 is 10.6 Å². The van der Waals surface area contributed by atoms with Crippen molar-refractivity contribution >= 4 is 17.4 Å². The molecule has 29 heavy (non-hydrogen) atoms. The molecule has 1 aliphatic heterocycles. The monoisotopic (exact) mass is 387 g/mol. The van der Waals surface area contributed by atoms with Crippen molar-refractivity contribution in [2.45, 2.75) is 26.9 Å². The second kappa shape index (κ2) is 6.16. The molecular formula is C21H21N7O. The van der Waals surface area contributed by atoms with Gasteiger partial charge in [-0.05, 0) is 25.0 Å². The van der Waals surface area contributed by atoms with E-state index in [-0.39, 0.29) is 5.69 Å². The van der Waals surface area contributed by atoms with Crippen molar-refractivity contribution in [3.8, 4) is 11.3 Å². The first-order valence-electron chi connectivity index (χ1n) is 9.45. The Labute approximate surface area is 167 Å². The van der Waals surface area contributed by atoms with Gasteiger partial charge in [-0.25, -0.2) is 9.50 Å². The molecule has 8 nitrogen and oxygen atoms in total. The predicted octanol–water partition coefficient (Wildman–Crippen LogP) is 2.37. The van der Waals surface area contributed by atoms with Gasteiger partial charge in [0.05, 0.1) is 11.4 Å². The van der Waals surface area contributed by atoms with Crippen molar-refractivity contribution < 1.29 is 4.79 Å². The number of carbonyl (C=O) groups is 1.